The van der Waals surface area contributed by atoms with E-state index in [4.69, 9.17) is 10.5 Å². The van der Waals surface area contributed by atoms with Gasteiger partial charge in [0, 0.05) is 29.1 Å². The number of hydrogen-bond acceptors (Lipinski definition) is 6. The standard InChI is InChI=1S/C20H15N3O4/c21-17-15(20(26)27-11-10-23-9-3-8-22-23)7-6-14-16(17)19(25)13-5-2-1-4-12(13)18(14)24/h1-9H,10-11,21H2. The number of fused-ring (bicyclic) bond motifs is 2. The van der Waals surface area contributed by atoms with Crippen molar-refractivity contribution in [2.75, 3.05) is 12.3 Å². The highest BCUT2D eigenvalue weighted by atomic mass is 16.5. The molecular formula is C20H15N3O4. The molecule has 1 aromatic heterocycles. The fraction of sp³-hybridized carbons (Fsp3) is 0.100. The van der Waals surface area contributed by atoms with Crippen molar-refractivity contribution in [1.82, 2.24) is 9.78 Å². The Morgan fingerprint density at radius 2 is 1.74 bits per heavy atom. The summed E-state index contributed by atoms with van der Waals surface area (Å²) < 4.78 is 6.86. The number of ketones is 2. The van der Waals surface area contributed by atoms with Crippen LogP contribution in [0.3, 0.4) is 0 Å². The van der Waals surface area contributed by atoms with E-state index in [1.165, 1.54) is 12.1 Å². The summed E-state index contributed by atoms with van der Waals surface area (Å²) in [4.78, 5) is 37.9. The first-order chi connectivity index (χ1) is 13.1. The Morgan fingerprint density at radius 1 is 1.00 bits per heavy atom. The first kappa shape index (κ1) is 16.7. The Hall–Kier alpha value is -3.74. The molecule has 0 saturated heterocycles. The van der Waals surface area contributed by atoms with E-state index in [1.807, 2.05) is 0 Å². The van der Waals surface area contributed by atoms with Crippen molar-refractivity contribution < 1.29 is 19.1 Å². The van der Waals surface area contributed by atoms with E-state index >= 15 is 0 Å². The third-order valence-corrected chi connectivity index (χ3v) is 4.47. The molecule has 0 amide bonds. The number of nitrogen functional groups attached to an aromatic ring is 1. The van der Waals surface area contributed by atoms with Crippen LogP contribution in [0.15, 0.2) is 54.9 Å². The number of benzene rings is 2. The molecule has 4 rings (SSSR count). The van der Waals surface area contributed by atoms with Crippen molar-refractivity contribution in [3.8, 4) is 0 Å². The van der Waals surface area contributed by atoms with E-state index in [1.54, 1.807) is 47.4 Å². The second-order valence-corrected chi connectivity index (χ2v) is 6.06. The van der Waals surface area contributed by atoms with Gasteiger partial charge >= 0.3 is 5.97 Å². The Bertz CT molecular complexity index is 1070. The van der Waals surface area contributed by atoms with Crippen molar-refractivity contribution >= 4 is 23.2 Å². The number of carbonyl (C=O) groups is 3. The van der Waals surface area contributed by atoms with E-state index in [0.29, 0.717) is 12.1 Å². The lowest BCUT2D eigenvalue weighted by atomic mass is 9.82. The number of esters is 1. The summed E-state index contributed by atoms with van der Waals surface area (Å²) in [5, 5.41) is 4.02. The largest absolute Gasteiger partial charge is 0.460 e. The normalized spacial score (nSPS) is 12.4. The Morgan fingerprint density at radius 3 is 2.44 bits per heavy atom. The van der Waals surface area contributed by atoms with Gasteiger partial charge in [0.25, 0.3) is 0 Å². The third kappa shape index (κ3) is 2.79. The van der Waals surface area contributed by atoms with Crippen LogP contribution in [0.25, 0.3) is 0 Å². The van der Waals surface area contributed by atoms with E-state index in [-0.39, 0.29) is 46.1 Å². The van der Waals surface area contributed by atoms with E-state index in [2.05, 4.69) is 5.10 Å². The highest BCUT2D eigenvalue weighted by molar-refractivity contribution is 6.30. The molecule has 3 aromatic rings. The summed E-state index contributed by atoms with van der Waals surface area (Å²) in [5.74, 6) is -1.31. The second-order valence-electron chi connectivity index (χ2n) is 6.06. The molecular weight excluding hydrogens is 346 g/mol. The maximum absolute atomic E-state index is 12.8. The summed E-state index contributed by atoms with van der Waals surface area (Å²) in [7, 11) is 0. The van der Waals surface area contributed by atoms with Crippen molar-refractivity contribution in [1.29, 1.82) is 0 Å². The molecule has 134 valence electrons. The van der Waals surface area contributed by atoms with Crippen LogP contribution in [0.2, 0.25) is 0 Å². The van der Waals surface area contributed by atoms with Crippen molar-refractivity contribution in [3.05, 3.63) is 82.7 Å². The topological polar surface area (TPSA) is 104 Å². The van der Waals surface area contributed by atoms with Gasteiger partial charge in [-0.1, -0.05) is 24.3 Å². The summed E-state index contributed by atoms with van der Waals surface area (Å²) in [6.45, 7) is 0.501. The average Bonchev–Trinajstić information content (AvgIpc) is 3.19. The lowest BCUT2D eigenvalue weighted by molar-refractivity contribution is 0.0488. The van der Waals surface area contributed by atoms with Gasteiger partial charge in [0.1, 0.15) is 6.61 Å². The predicted molar refractivity (Wildman–Crippen MR) is 96.7 cm³/mol. The molecule has 0 fully saturated rings. The van der Waals surface area contributed by atoms with Crippen LogP contribution in [0.4, 0.5) is 5.69 Å². The molecule has 0 radical (unpaired) electrons. The van der Waals surface area contributed by atoms with Gasteiger partial charge in [-0.05, 0) is 18.2 Å². The minimum absolute atomic E-state index is 0.0376. The van der Waals surface area contributed by atoms with Gasteiger partial charge in [0.2, 0.25) is 0 Å². The molecule has 1 aliphatic carbocycles. The van der Waals surface area contributed by atoms with Gasteiger partial charge in [0.05, 0.1) is 23.4 Å². The molecule has 0 saturated carbocycles. The molecule has 27 heavy (non-hydrogen) atoms. The Balaban J connectivity index is 1.62. The highest BCUT2D eigenvalue weighted by Gasteiger charge is 2.32. The maximum atomic E-state index is 12.8. The van der Waals surface area contributed by atoms with Crippen LogP contribution in [-0.4, -0.2) is 33.9 Å². The van der Waals surface area contributed by atoms with Crippen molar-refractivity contribution in [3.63, 3.8) is 0 Å². The molecule has 2 N–H and O–H groups in total. The number of rotatable bonds is 4. The summed E-state index contributed by atoms with van der Waals surface area (Å²) in [6, 6.07) is 11.2. The second kappa shape index (κ2) is 6.53. The molecule has 1 heterocycles. The average molecular weight is 361 g/mol. The first-order valence-corrected chi connectivity index (χ1v) is 8.33. The lowest BCUT2D eigenvalue weighted by Crippen LogP contribution is -2.24. The van der Waals surface area contributed by atoms with Gasteiger partial charge in [0.15, 0.2) is 11.6 Å². The SMILES string of the molecule is Nc1c(C(=O)OCCn2cccn2)ccc2c1C(=O)c1ccccc1C2=O. The van der Waals surface area contributed by atoms with Crippen LogP contribution in [-0.2, 0) is 11.3 Å². The minimum atomic E-state index is -0.651. The van der Waals surface area contributed by atoms with E-state index in [9.17, 15) is 14.4 Å². The van der Waals surface area contributed by atoms with E-state index < -0.39 is 5.97 Å². The number of hydrogen-bond donors (Lipinski definition) is 1. The van der Waals surface area contributed by atoms with Gasteiger partial charge in [-0.15, -0.1) is 0 Å². The number of nitrogens with two attached hydrogens (primary N) is 1. The fourth-order valence-corrected chi connectivity index (χ4v) is 3.13. The van der Waals surface area contributed by atoms with Crippen LogP contribution >= 0.6 is 0 Å². The monoisotopic (exact) mass is 361 g/mol. The number of nitrogens with zero attached hydrogens (tertiary/aromatic N) is 2. The smallest absolute Gasteiger partial charge is 0.340 e. The van der Waals surface area contributed by atoms with Crippen LogP contribution in [0.5, 0.6) is 0 Å². The van der Waals surface area contributed by atoms with E-state index in [0.717, 1.165) is 0 Å². The van der Waals surface area contributed by atoms with Gasteiger partial charge < -0.3 is 10.5 Å². The summed E-state index contributed by atoms with van der Waals surface area (Å²) >= 11 is 0. The zero-order valence-corrected chi connectivity index (χ0v) is 14.2. The zero-order valence-electron chi connectivity index (χ0n) is 14.2. The molecule has 7 nitrogen and oxygen atoms in total. The number of ether oxygens (including phenoxy) is 1. The quantitative estimate of drug-likeness (QED) is 0.441. The number of aromatic nitrogens is 2. The van der Waals surface area contributed by atoms with Crippen LogP contribution < -0.4 is 5.73 Å². The van der Waals surface area contributed by atoms with Crippen molar-refractivity contribution in [2.45, 2.75) is 6.54 Å². The lowest BCUT2D eigenvalue weighted by Gasteiger charge is -2.20. The first-order valence-electron chi connectivity index (χ1n) is 8.33. The summed E-state index contributed by atoms with van der Waals surface area (Å²) in [5.41, 5.74) is 6.99. The number of carbonyl (C=O) groups excluding carboxylic acids is 3. The minimum Gasteiger partial charge on any atom is -0.460 e. The Labute approximate surface area is 154 Å². The molecule has 0 atom stereocenters. The molecule has 0 unspecified atom stereocenters. The highest BCUT2D eigenvalue weighted by Crippen LogP contribution is 2.32. The van der Waals surface area contributed by atoms with Crippen molar-refractivity contribution in [2.24, 2.45) is 0 Å². The molecule has 1 aliphatic rings. The van der Waals surface area contributed by atoms with Crippen LogP contribution in [0, 0.1) is 0 Å². The van der Waals surface area contributed by atoms with Gasteiger partial charge in [-0.2, -0.15) is 5.10 Å². The predicted octanol–water partition coefficient (Wildman–Crippen LogP) is 2.10. The molecule has 0 spiro atoms. The molecule has 7 heteroatoms. The zero-order chi connectivity index (χ0) is 19.0. The van der Waals surface area contributed by atoms with Crippen LogP contribution in [0.1, 0.15) is 42.2 Å². The van der Waals surface area contributed by atoms with Gasteiger partial charge in [-0.25, -0.2) is 4.79 Å². The number of anilines is 1. The summed E-state index contributed by atoms with van der Waals surface area (Å²) in [6.07, 6.45) is 3.38. The molecule has 0 bridgehead atoms. The third-order valence-electron chi connectivity index (χ3n) is 4.47. The fourth-order valence-electron chi connectivity index (χ4n) is 3.13. The molecule has 2 aromatic carbocycles. The Kier molecular flexibility index (Phi) is 4.04. The van der Waals surface area contributed by atoms with Gasteiger partial charge in [-0.3, -0.25) is 14.3 Å². The molecule has 0 aliphatic heterocycles. The maximum Gasteiger partial charge on any atom is 0.340 e.